The Kier molecular flexibility index (Phi) is 4.24. The van der Waals surface area contributed by atoms with E-state index in [1.54, 1.807) is 19.9 Å². The highest BCUT2D eigenvalue weighted by atomic mass is 16.8. The van der Waals surface area contributed by atoms with Gasteiger partial charge in [-0.1, -0.05) is 6.08 Å². The third-order valence-electron chi connectivity index (χ3n) is 3.77. The predicted molar refractivity (Wildman–Crippen MR) is 80.1 cm³/mol. The maximum atomic E-state index is 12.0. The lowest BCUT2D eigenvalue weighted by molar-refractivity contribution is -0.202. The number of hydrogen-bond donors (Lipinski definition) is 1. The van der Waals surface area contributed by atoms with Gasteiger partial charge >= 0.3 is 5.69 Å². The van der Waals surface area contributed by atoms with Gasteiger partial charge in [0, 0.05) is 12.3 Å². The zero-order valence-corrected chi connectivity index (χ0v) is 13.1. The number of ether oxygens (including phenoxy) is 4. The molecule has 126 valence electrons. The van der Waals surface area contributed by atoms with Crippen molar-refractivity contribution < 1.29 is 18.9 Å². The van der Waals surface area contributed by atoms with Crippen molar-refractivity contribution in [1.82, 2.24) is 9.55 Å². The van der Waals surface area contributed by atoms with E-state index < -0.39 is 29.4 Å². The van der Waals surface area contributed by atoms with Crippen LogP contribution in [0.5, 0.6) is 0 Å². The Labute approximate surface area is 132 Å². The molecule has 23 heavy (non-hydrogen) atoms. The molecule has 3 rings (SSSR count). The van der Waals surface area contributed by atoms with Gasteiger partial charge in [0.15, 0.2) is 12.0 Å². The van der Waals surface area contributed by atoms with Crippen LogP contribution in [0, 0.1) is 0 Å². The van der Waals surface area contributed by atoms with Crippen molar-refractivity contribution in [3.8, 4) is 0 Å². The summed E-state index contributed by atoms with van der Waals surface area (Å²) in [7, 11) is 0. The van der Waals surface area contributed by atoms with Crippen molar-refractivity contribution >= 4 is 0 Å². The molecule has 0 saturated carbocycles. The zero-order chi connectivity index (χ0) is 16.6. The van der Waals surface area contributed by atoms with Crippen LogP contribution in [0.3, 0.4) is 0 Å². The number of hydrogen-bond acceptors (Lipinski definition) is 6. The number of aromatic amines is 1. The summed E-state index contributed by atoms with van der Waals surface area (Å²) >= 11 is 0. The highest BCUT2D eigenvalue weighted by Gasteiger charge is 2.56. The molecule has 4 atom stereocenters. The Bertz CT molecular complexity index is 694. The molecule has 0 aromatic carbocycles. The van der Waals surface area contributed by atoms with Crippen LogP contribution in [0.1, 0.15) is 20.1 Å². The molecule has 0 bridgehead atoms. The van der Waals surface area contributed by atoms with E-state index in [9.17, 15) is 9.59 Å². The van der Waals surface area contributed by atoms with Crippen LogP contribution < -0.4 is 11.2 Å². The Hall–Kier alpha value is -1.74. The van der Waals surface area contributed by atoms with Gasteiger partial charge in [0.05, 0.1) is 13.2 Å². The highest BCUT2D eigenvalue weighted by molar-refractivity contribution is 4.98. The highest BCUT2D eigenvalue weighted by Crippen LogP contribution is 2.42. The quantitative estimate of drug-likeness (QED) is 0.613. The monoisotopic (exact) mass is 324 g/mol. The van der Waals surface area contributed by atoms with E-state index >= 15 is 0 Å². The molecule has 1 aromatic rings. The van der Waals surface area contributed by atoms with Crippen molar-refractivity contribution in [3.05, 3.63) is 45.8 Å². The van der Waals surface area contributed by atoms with E-state index in [0.717, 1.165) is 0 Å². The molecule has 0 amide bonds. The van der Waals surface area contributed by atoms with E-state index in [0.29, 0.717) is 13.2 Å². The van der Waals surface area contributed by atoms with Gasteiger partial charge < -0.3 is 18.9 Å². The van der Waals surface area contributed by atoms with Crippen LogP contribution in [0.4, 0.5) is 0 Å². The number of rotatable bonds is 5. The lowest BCUT2D eigenvalue weighted by Crippen LogP contribution is -2.37. The third kappa shape index (κ3) is 3.16. The molecule has 2 fully saturated rings. The molecular formula is C15H20N2O6. The van der Waals surface area contributed by atoms with E-state index in [4.69, 9.17) is 18.9 Å². The van der Waals surface area contributed by atoms with Crippen molar-refractivity contribution in [3.63, 3.8) is 0 Å². The molecular weight excluding hydrogens is 304 g/mol. The molecule has 0 aliphatic carbocycles. The van der Waals surface area contributed by atoms with Crippen LogP contribution in [-0.2, 0) is 18.9 Å². The average Bonchev–Trinajstić information content (AvgIpc) is 2.94. The molecule has 1 aromatic heterocycles. The summed E-state index contributed by atoms with van der Waals surface area (Å²) in [5.41, 5.74) is -1.02. The molecule has 0 unspecified atom stereocenters. The van der Waals surface area contributed by atoms with Gasteiger partial charge in [0.2, 0.25) is 0 Å². The van der Waals surface area contributed by atoms with Crippen LogP contribution in [0.25, 0.3) is 0 Å². The minimum atomic E-state index is -0.778. The van der Waals surface area contributed by atoms with Gasteiger partial charge in [-0.25, -0.2) is 4.79 Å². The largest absolute Gasteiger partial charge is 0.375 e. The number of aromatic nitrogens is 2. The van der Waals surface area contributed by atoms with E-state index in [1.165, 1.54) is 16.8 Å². The third-order valence-corrected chi connectivity index (χ3v) is 3.77. The van der Waals surface area contributed by atoms with Crippen molar-refractivity contribution in [2.45, 2.75) is 44.2 Å². The summed E-state index contributed by atoms with van der Waals surface area (Å²) in [4.78, 5) is 25.5. The molecule has 3 heterocycles. The van der Waals surface area contributed by atoms with Crippen LogP contribution >= 0.6 is 0 Å². The van der Waals surface area contributed by atoms with Gasteiger partial charge in [-0.3, -0.25) is 14.3 Å². The van der Waals surface area contributed by atoms with E-state index in [-0.39, 0.29) is 12.2 Å². The van der Waals surface area contributed by atoms with Crippen molar-refractivity contribution in [1.29, 1.82) is 0 Å². The fraction of sp³-hybridized carbons (Fsp3) is 0.600. The molecule has 8 nitrogen and oxygen atoms in total. The summed E-state index contributed by atoms with van der Waals surface area (Å²) in [6.07, 6.45) is 1.13. The lowest BCUT2D eigenvalue weighted by atomic mass is 10.1. The summed E-state index contributed by atoms with van der Waals surface area (Å²) in [5.74, 6) is -0.778. The topological polar surface area (TPSA) is 91.8 Å². The number of H-pyrrole nitrogens is 1. The van der Waals surface area contributed by atoms with Gasteiger partial charge in [0.25, 0.3) is 5.56 Å². The van der Waals surface area contributed by atoms with Gasteiger partial charge in [0.1, 0.15) is 18.3 Å². The van der Waals surface area contributed by atoms with Gasteiger partial charge in [-0.05, 0) is 13.8 Å². The maximum Gasteiger partial charge on any atom is 0.330 e. The molecule has 1 N–H and O–H groups in total. The van der Waals surface area contributed by atoms with Crippen LogP contribution in [-0.4, -0.2) is 46.9 Å². The maximum absolute atomic E-state index is 12.0. The average molecular weight is 324 g/mol. The van der Waals surface area contributed by atoms with Gasteiger partial charge in [-0.15, -0.1) is 6.58 Å². The normalized spacial score (nSPS) is 31.9. The molecule has 0 radical (unpaired) electrons. The second kappa shape index (κ2) is 6.04. The number of nitrogens with zero attached hydrogens (tertiary/aromatic N) is 1. The number of nitrogens with one attached hydrogen (secondary N) is 1. The molecule has 2 saturated heterocycles. The summed E-state index contributed by atoms with van der Waals surface area (Å²) in [5, 5.41) is 0. The first kappa shape index (κ1) is 16.1. The van der Waals surface area contributed by atoms with Gasteiger partial charge in [-0.2, -0.15) is 0 Å². The summed E-state index contributed by atoms with van der Waals surface area (Å²) < 4.78 is 24.4. The molecule has 2 aliphatic heterocycles. The molecule has 2 aliphatic rings. The number of fused-ring (bicyclic) bond motifs is 1. The van der Waals surface area contributed by atoms with E-state index in [1.807, 2.05) is 0 Å². The molecule has 8 heteroatoms. The first-order valence-corrected chi connectivity index (χ1v) is 7.42. The van der Waals surface area contributed by atoms with E-state index in [2.05, 4.69) is 11.6 Å². The Balaban J connectivity index is 1.87. The first-order chi connectivity index (χ1) is 10.9. The standard InChI is InChI=1S/C15H20N2O6/c1-4-7-20-8-9-11-12(23-15(2,3)22-11)13(21-9)17-6-5-10(18)16-14(17)19/h4-6,9,11-13H,1,7-8H2,2-3H3,(H,16,18,19)/t9-,11-,12-,13-/m1/s1. The first-order valence-electron chi connectivity index (χ1n) is 7.42. The summed E-state index contributed by atoms with van der Waals surface area (Å²) in [6.45, 7) is 7.89. The van der Waals surface area contributed by atoms with Crippen LogP contribution in [0.15, 0.2) is 34.5 Å². The molecule has 0 spiro atoms. The SMILES string of the molecule is C=CCOC[C@H]1O[C@@H](n2ccc(=O)[nH]c2=O)[C@@H]2OC(C)(C)O[C@@H]21. The van der Waals surface area contributed by atoms with Crippen molar-refractivity contribution in [2.24, 2.45) is 0 Å². The Morgan fingerprint density at radius 3 is 2.83 bits per heavy atom. The lowest BCUT2D eigenvalue weighted by Gasteiger charge is -2.24. The fourth-order valence-electron chi connectivity index (χ4n) is 2.91. The Morgan fingerprint density at radius 2 is 2.13 bits per heavy atom. The smallest absolute Gasteiger partial charge is 0.330 e. The fourth-order valence-corrected chi connectivity index (χ4v) is 2.91. The second-order valence-electron chi connectivity index (χ2n) is 5.97. The zero-order valence-electron chi connectivity index (χ0n) is 13.1. The summed E-state index contributed by atoms with van der Waals surface area (Å²) in [6, 6.07) is 1.27. The Morgan fingerprint density at radius 1 is 1.39 bits per heavy atom. The minimum Gasteiger partial charge on any atom is -0.375 e. The predicted octanol–water partition coefficient (Wildman–Crippen LogP) is 0.157. The van der Waals surface area contributed by atoms with Crippen LogP contribution in [0.2, 0.25) is 0 Å². The second-order valence-corrected chi connectivity index (χ2v) is 5.97. The van der Waals surface area contributed by atoms with Crippen molar-refractivity contribution in [2.75, 3.05) is 13.2 Å². The minimum absolute atomic E-state index is 0.293.